The van der Waals surface area contributed by atoms with Gasteiger partial charge in [0.15, 0.2) is 5.82 Å². The van der Waals surface area contributed by atoms with E-state index in [0.29, 0.717) is 0 Å². The molecule has 2 N–H and O–H groups in total. The van der Waals surface area contributed by atoms with Crippen LogP contribution in [0.25, 0.3) is 16.9 Å². The van der Waals surface area contributed by atoms with Gasteiger partial charge in [0.1, 0.15) is 5.82 Å². The third-order valence-electron chi connectivity index (χ3n) is 3.34. The van der Waals surface area contributed by atoms with E-state index in [2.05, 4.69) is 10.1 Å². The summed E-state index contributed by atoms with van der Waals surface area (Å²) in [5, 5.41) is 31.8. The summed E-state index contributed by atoms with van der Waals surface area (Å²) in [6.07, 6.45) is 2.38. The van der Waals surface area contributed by atoms with E-state index in [9.17, 15) is 14.3 Å². The van der Waals surface area contributed by atoms with Crippen molar-refractivity contribution < 1.29 is 19.4 Å². The Balaban J connectivity index is 2.03. The Hall–Kier alpha value is -3.73. The topological polar surface area (TPSA) is 112 Å². The number of aromatic hydroxyl groups is 1. The maximum atomic E-state index is 14.1. The van der Waals surface area contributed by atoms with Gasteiger partial charge in [-0.3, -0.25) is 0 Å². The number of nitrogens with zero attached hydrogens (tertiary/aromatic N) is 4. The molecular formula is C16H9FN4O3. The van der Waals surface area contributed by atoms with Crippen LogP contribution in [0, 0.1) is 17.1 Å². The van der Waals surface area contributed by atoms with Crippen molar-refractivity contribution >= 4 is 5.97 Å². The fourth-order valence-electron chi connectivity index (χ4n) is 2.14. The Morgan fingerprint density at radius 2 is 2.00 bits per heavy atom. The molecule has 0 radical (unpaired) electrons. The van der Waals surface area contributed by atoms with Crippen molar-refractivity contribution in [2.45, 2.75) is 0 Å². The van der Waals surface area contributed by atoms with E-state index >= 15 is 0 Å². The number of carbonyl (C=O) groups is 1. The van der Waals surface area contributed by atoms with Crippen molar-refractivity contribution in [3.8, 4) is 28.9 Å². The van der Waals surface area contributed by atoms with Gasteiger partial charge in [-0.05, 0) is 30.3 Å². The fraction of sp³-hybridized carbons (Fsp3) is 0. The number of benzene rings is 1. The molecule has 118 valence electrons. The first-order chi connectivity index (χ1) is 11.5. The number of pyridine rings is 1. The Bertz CT molecular complexity index is 974. The van der Waals surface area contributed by atoms with Crippen molar-refractivity contribution in [1.82, 2.24) is 14.8 Å². The Morgan fingerprint density at radius 3 is 2.58 bits per heavy atom. The van der Waals surface area contributed by atoms with E-state index in [4.69, 9.17) is 10.4 Å². The number of nitriles is 1. The Labute approximate surface area is 134 Å². The highest BCUT2D eigenvalue weighted by Gasteiger charge is 2.17. The molecule has 2 aromatic heterocycles. The summed E-state index contributed by atoms with van der Waals surface area (Å²) >= 11 is 0. The van der Waals surface area contributed by atoms with Crippen molar-refractivity contribution in [2.75, 3.05) is 0 Å². The molecule has 3 aromatic rings. The first-order valence-corrected chi connectivity index (χ1v) is 6.68. The molecule has 0 unspecified atom stereocenters. The highest BCUT2D eigenvalue weighted by atomic mass is 19.1. The molecule has 2 heterocycles. The molecule has 0 aliphatic heterocycles. The Kier molecular flexibility index (Phi) is 3.67. The number of hydrogen-bond donors (Lipinski definition) is 2. The molecule has 1 aromatic carbocycles. The zero-order valence-corrected chi connectivity index (χ0v) is 12.0. The molecule has 0 saturated heterocycles. The van der Waals surface area contributed by atoms with Gasteiger partial charge in [0.2, 0.25) is 5.88 Å². The summed E-state index contributed by atoms with van der Waals surface area (Å²) < 4.78 is 15.1. The lowest BCUT2D eigenvalue weighted by Gasteiger charge is -2.05. The highest BCUT2D eigenvalue weighted by Crippen LogP contribution is 2.32. The second kappa shape index (κ2) is 5.81. The molecular weight excluding hydrogens is 315 g/mol. The van der Waals surface area contributed by atoms with Crippen LogP contribution in [-0.2, 0) is 0 Å². The van der Waals surface area contributed by atoms with Crippen molar-refractivity contribution in [1.29, 1.82) is 5.26 Å². The average molecular weight is 324 g/mol. The van der Waals surface area contributed by atoms with E-state index < -0.39 is 11.8 Å². The van der Waals surface area contributed by atoms with Gasteiger partial charge in [0.25, 0.3) is 0 Å². The van der Waals surface area contributed by atoms with Crippen LogP contribution in [0.5, 0.6) is 5.88 Å². The molecule has 0 saturated carbocycles. The first kappa shape index (κ1) is 15.2. The summed E-state index contributed by atoms with van der Waals surface area (Å²) in [5.41, 5.74) is 0.360. The predicted molar refractivity (Wildman–Crippen MR) is 80.1 cm³/mol. The van der Waals surface area contributed by atoms with Crippen molar-refractivity contribution in [3.05, 3.63) is 59.7 Å². The van der Waals surface area contributed by atoms with Gasteiger partial charge in [-0.25, -0.2) is 14.2 Å². The quantitative estimate of drug-likeness (QED) is 0.765. The number of hydrogen-bond acceptors (Lipinski definition) is 5. The minimum absolute atomic E-state index is 0.0104. The molecule has 0 bridgehead atoms. The number of carboxylic acids is 1. The molecule has 0 amide bonds. The molecule has 0 atom stereocenters. The van der Waals surface area contributed by atoms with Crippen LogP contribution in [-0.4, -0.2) is 30.9 Å². The molecule has 0 fully saturated rings. The maximum Gasteiger partial charge on any atom is 0.337 e. The van der Waals surface area contributed by atoms with Crippen molar-refractivity contribution in [3.63, 3.8) is 0 Å². The number of aromatic carboxylic acids is 1. The summed E-state index contributed by atoms with van der Waals surface area (Å²) in [7, 11) is 0. The highest BCUT2D eigenvalue weighted by molar-refractivity contribution is 5.87. The molecule has 3 rings (SSSR count). The van der Waals surface area contributed by atoms with Crippen LogP contribution in [0.2, 0.25) is 0 Å². The van der Waals surface area contributed by atoms with Crippen LogP contribution in [0.1, 0.15) is 15.9 Å². The first-order valence-electron chi connectivity index (χ1n) is 6.68. The zero-order valence-electron chi connectivity index (χ0n) is 12.0. The van der Waals surface area contributed by atoms with Crippen molar-refractivity contribution in [2.24, 2.45) is 0 Å². The number of aromatic nitrogens is 3. The van der Waals surface area contributed by atoms with E-state index in [0.717, 1.165) is 16.9 Å². The summed E-state index contributed by atoms with van der Waals surface area (Å²) in [6, 6.07) is 8.37. The predicted octanol–water partition coefficient (Wildman–Crippen LogP) is 2.35. The lowest BCUT2D eigenvalue weighted by Crippen LogP contribution is -2.02. The minimum atomic E-state index is -1.13. The van der Waals surface area contributed by atoms with E-state index in [-0.39, 0.29) is 34.0 Å². The van der Waals surface area contributed by atoms with E-state index in [1.54, 1.807) is 0 Å². The van der Waals surface area contributed by atoms with Gasteiger partial charge in [-0.2, -0.15) is 15.0 Å². The second-order valence-corrected chi connectivity index (χ2v) is 4.81. The van der Waals surface area contributed by atoms with E-state index in [1.807, 2.05) is 6.07 Å². The normalized spacial score (nSPS) is 10.3. The van der Waals surface area contributed by atoms with Gasteiger partial charge in [0, 0.05) is 11.8 Å². The average Bonchev–Trinajstić information content (AvgIpc) is 2.96. The third-order valence-corrected chi connectivity index (χ3v) is 3.34. The van der Waals surface area contributed by atoms with Crippen LogP contribution >= 0.6 is 0 Å². The van der Waals surface area contributed by atoms with Crippen LogP contribution in [0.15, 0.2) is 42.7 Å². The number of rotatable bonds is 3. The van der Waals surface area contributed by atoms with Crippen LogP contribution < -0.4 is 0 Å². The largest absolute Gasteiger partial charge is 0.493 e. The van der Waals surface area contributed by atoms with Gasteiger partial charge in [-0.15, -0.1) is 0 Å². The number of carboxylic acid groups (broad SMARTS) is 1. The molecule has 7 nitrogen and oxygen atoms in total. The monoisotopic (exact) mass is 324 g/mol. The van der Waals surface area contributed by atoms with Gasteiger partial charge in [-0.1, -0.05) is 0 Å². The van der Waals surface area contributed by atoms with Crippen LogP contribution in [0.4, 0.5) is 4.39 Å². The molecule has 8 heteroatoms. The maximum absolute atomic E-state index is 14.1. The summed E-state index contributed by atoms with van der Waals surface area (Å²) in [5.74, 6) is -1.97. The summed E-state index contributed by atoms with van der Waals surface area (Å²) in [4.78, 5) is 14.7. The SMILES string of the molecule is N#Cc1ccc(-c2cnn(-c3ccc(C(=O)O)cn3)c2O)c(F)c1. The lowest BCUT2D eigenvalue weighted by molar-refractivity contribution is 0.0696. The number of halogens is 1. The third kappa shape index (κ3) is 2.55. The molecule has 0 spiro atoms. The standard InChI is InChI=1S/C16H9FN4O3/c17-13-5-9(6-18)1-3-11(13)12-8-20-21(15(12)22)14-4-2-10(7-19-14)16(23)24/h1-5,7-8,22H,(H,23,24). The van der Waals surface area contributed by atoms with Crippen LogP contribution in [0.3, 0.4) is 0 Å². The van der Waals surface area contributed by atoms with Gasteiger partial charge >= 0.3 is 5.97 Å². The molecule has 0 aliphatic carbocycles. The zero-order chi connectivity index (χ0) is 17.3. The molecule has 0 aliphatic rings. The van der Waals surface area contributed by atoms with Gasteiger partial charge in [0.05, 0.1) is 29.0 Å². The molecule has 24 heavy (non-hydrogen) atoms. The smallest absolute Gasteiger partial charge is 0.337 e. The summed E-state index contributed by atoms with van der Waals surface area (Å²) in [6.45, 7) is 0. The van der Waals surface area contributed by atoms with E-state index in [1.165, 1.54) is 30.5 Å². The lowest BCUT2D eigenvalue weighted by atomic mass is 10.1. The fourth-order valence-corrected chi connectivity index (χ4v) is 2.14. The van der Waals surface area contributed by atoms with Gasteiger partial charge < -0.3 is 10.2 Å². The Morgan fingerprint density at radius 1 is 1.21 bits per heavy atom. The second-order valence-electron chi connectivity index (χ2n) is 4.81. The minimum Gasteiger partial charge on any atom is -0.493 e.